The SMILES string of the molecule is O=C(O)c1ccc2c(c1)CN(CCCC1CCCO1)C2. The molecule has 1 atom stereocenters. The fourth-order valence-corrected chi connectivity index (χ4v) is 3.17. The molecule has 1 N–H and O–H groups in total. The van der Waals surface area contributed by atoms with Gasteiger partial charge < -0.3 is 9.84 Å². The molecule has 2 heterocycles. The van der Waals surface area contributed by atoms with Gasteiger partial charge >= 0.3 is 5.97 Å². The topological polar surface area (TPSA) is 49.8 Å². The minimum Gasteiger partial charge on any atom is -0.478 e. The van der Waals surface area contributed by atoms with E-state index >= 15 is 0 Å². The second-order valence-corrected chi connectivity index (χ2v) is 5.78. The normalized spacial score (nSPS) is 22.1. The van der Waals surface area contributed by atoms with Gasteiger partial charge in [0.15, 0.2) is 0 Å². The van der Waals surface area contributed by atoms with Crippen LogP contribution in [0.15, 0.2) is 18.2 Å². The Bertz CT molecular complexity index is 494. The van der Waals surface area contributed by atoms with E-state index in [1.807, 2.05) is 12.1 Å². The van der Waals surface area contributed by atoms with E-state index in [0.717, 1.165) is 39.1 Å². The van der Waals surface area contributed by atoms with Gasteiger partial charge in [-0.15, -0.1) is 0 Å². The number of hydrogen-bond donors (Lipinski definition) is 1. The number of fused-ring (bicyclic) bond motifs is 1. The highest BCUT2D eigenvalue weighted by Crippen LogP contribution is 2.25. The van der Waals surface area contributed by atoms with Crippen LogP contribution in [0.5, 0.6) is 0 Å². The van der Waals surface area contributed by atoms with E-state index in [0.29, 0.717) is 11.7 Å². The average Bonchev–Trinajstić information content (AvgIpc) is 3.06. The lowest BCUT2D eigenvalue weighted by Crippen LogP contribution is -2.19. The Labute approximate surface area is 119 Å². The number of carboxylic acids is 1. The smallest absolute Gasteiger partial charge is 0.335 e. The van der Waals surface area contributed by atoms with Crippen molar-refractivity contribution in [1.29, 1.82) is 0 Å². The molecule has 0 bridgehead atoms. The minimum absolute atomic E-state index is 0.393. The predicted octanol–water partition coefficient (Wildman–Crippen LogP) is 2.66. The van der Waals surface area contributed by atoms with Gasteiger partial charge in [0.25, 0.3) is 0 Å². The summed E-state index contributed by atoms with van der Waals surface area (Å²) in [6, 6.07) is 5.48. The summed E-state index contributed by atoms with van der Waals surface area (Å²) in [7, 11) is 0. The number of nitrogens with zero attached hydrogens (tertiary/aromatic N) is 1. The molecule has 0 aliphatic carbocycles. The summed E-state index contributed by atoms with van der Waals surface area (Å²) in [5.41, 5.74) is 2.83. The molecule has 3 rings (SSSR count). The highest BCUT2D eigenvalue weighted by atomic mass is 16.5. The first-order valence-electron chi connectivity index (χ1n) is 7.41. The van der Waals surface area contributed by atoms with Gasteiger partial charge in [-0.3, -0.25) is 4.90 Å². The van der Waals surface area contributed by atoms with E-state index in [-0.39, 0.29) is 0 Å². The molecule has 2 aliphatic heterocycles. The third-order valence-electron chi connectivity index (χ3n) is 4.27. The molecule has 0 amide bonds. The van der Waals surface area contributed by atoms with Crippen LogP contribution in [0.4, 0.5) is 0 Å². The summed E-state index contributed by atoms with van der Waals surface area (Å²) in [5.74, 6) is -0.843. The van der Waals surface area contributed by atoms with Gasteiger partial charge in [-0.1, -0.05) is 6.07 Å². The molecule has 4 nitrogen and oxygen atoms in total. The van der Waals surface area contributed by atoms with Crippen molar-refractivity contribution < 1.29 is 14.6 Å². The van der Waals surface area contributed by atoms with E-state index in [2.05, 4.69) is 4.90 Å². The van der Waals surface area contributed by atoms with Crippen molar-refractivity contribution in [2.24, 2.45) is 0 Å². The van der Waals surface area contributed by atoms with Crippen LogP contribution in [0.2, 0.25) is 0 Å². The summed E-state index contributed by atoms with van der Waals surface area (Å²) in [6.45, 7) is 3.82. The minimum atomic E-state index is -0.843. The predicted molar refractivity (Wildman–Crippen MR) is 75.7 cm³/mol. The monoisotopic (exact) mass is 275 g/mol. The molecule has 0 radical (unpaired) electrons. The molecule has 0 saturated carbocycles. The number of benzene rings is 1. The fraction of sp³-hybridized carbons (Fsp3) is 0.562. The van der Waals surface area contributed by atoms with Gasteiger partial charge in [0.05, 0.1) is 11.7 Å². The first kappa shape index (κ1) is 13.6. The van der Waals surface area contributed by atoms with Crippen LogP contribution in [-0.4, -0.2) is 35.2 Å². The number of carbonyl (C=O) groups is 1. The van der Waals surface area contributed by atoms with Crippen LogP contribution >= 0.6 is 0 Å². The molecule has 1 fully saturated rings. The van der Waals surface area contributed by atoms with Crippen molar-refractivity contribution in [3.8, 4) is 0 Å². The van der Waals surface area contributed by atoms with Crippen LogP contribution < -0.4 is 0 Å². The number of aromatic carboxylic acids is 1. The van der Waals surface area contributed by atoms with E-state index in [4.69, 9.17) is 9.84 Å². The second-order valence-electron chi connectivity index (χ2n) is 5.78. The van der Waals surface area contributed by atoms with Gasteiger partial charge in [0.2, 0.25) is 0 Å². The van der Waals surface area contributed by atoms with Gasteiger partial charge in [0, 0.05) is 19.7 Å². The Kier molecular flexibility index (Phi) is 4.03. The van der Waals surface area contributed by atoms with Crippen molar-refractivity contribution in [2.75, 3.05) is 13.2 Å². The number of carboxylic acid groups (broad SMARTS) is 1. The highest BCUT2D eigenvalue weighted by Gasteiger charge is 2.21. The molecule has 108 valence electrons. The third kappa shape index (κ3) is 3.02. The summed E-state index contributed by atoms with van der Waals surface area (Å²) in [4.78, 5) is 13.4. The molecule has 4 heteroatoms. The largest absolute Gasteiger partial charge is 0.478 e. The Balaban J connectivity index is 1.50. The molecule has 20 heavy (non-hydrogen) atoms. The molecular formula is C16H21NO3. The van der Waals surface area contributed by atoms with Crippen LogP contribution in [0.1, 0.15) is 47.2 Å². The van der Waals surface area contributed by atoms with Crippen LogP contribution in [0.25, 0.3) is 0 Å². The third-order valence-corrected chi connectivity index (χ3v) is 4.27. The first-order chi connectivity index (χ1) is 9.72. The average molecular weight is 275 g/mol. The fourth-order valence-electron chi connectivity index (χ4n) is 3.17. The maximum Gasteiger partial charge on any atom is 0.335 e. The maximum atomic E-state index is 11.0. The standard InChI is InChI=1S/C16H21NO3/c18-16(19)12-5-6-13-10-17(11-14(13)9-12)7-1-3-15-4-2-8-20-15/h5-6,9,15H,1-4,7-8,10-11H2,(H,18,19). The molecule has 0 spiro atoms. The molecule has 0 aromatic heterocycles. The van der Waals surface area contributed by atoms with Crippen molar-refractivity contribution >= 4 is 5.97 Å². The van der Waals surface area contributed by atoms with Crippen molar-refractivity contribution in [2.45, 2.75) is 44.9 Å². The Morgan fingerprint density at radius 2 is 2.20 bits per heavy atom. The van der Waals surface area contributed by atoms with E-state index in [9.17, 15) is 4.79 Å². The summed E-state index contributed by atoms with van der Waals surface area (Å²) in [6.07, 6.45) is 5.19. The number of hydrogen-bond acceptors (Lipinski definition) is 3. The van der Waals surface area contributed by atoms with Crippen LogP contribution in [-0.2, 0) is 17.8 Å². The van der Waals surface area contributed by atoms with Crippen molar-refractivity contribution in [3.05, 3.63) is 34.9 Å². The zero-order valence-electron chi connectivity index (χ0n) is 11.7. The van der Waals surface area contributed by atoms with E-state index in [1.54, 1.807) is 6.07 Å². The van der Waals surface area contributed by atoms with E-state index < -0.39 is 5.97 Å². The lowest BCUT2D eigenvalue weighted by atomic mass is 10.1. The first-order valence-corrected chi connectivity index (χ1v) is 7.41. The summed E-state index contributed by atoms with van der Waals surface area (Å²) < 4.78 is 5.64. The highest BCUT2D eigenvalue weighted by molar-refractivity contribution is 5.87. The van der Waals surface area contributed by atoms with Crippen LogP contribution in [0.3, 0.4) is 0 Å². The Morgan fingerprint density at radius 1 is 1.35 bits per heavy atom. The van der Waals surface area contributed by atoms with Crippen molar-refractivity contribution in [3.63, 3.8) is 0 Å². The second kappa shape index (κ2) is 5.94. The van der Waals surface area contributed by atoms with Gasteiger partial charge in [-0.05, 0) is 55.5 Å². The zero-order valence-corrected chi connectivity index (χ0v) is 11.7. The van der Waals surface area contributed by atoms with Gasteiger partial charge in [-0.25, -0.2) is 4.79 Å². The van der Waals surface area contributed by atoms with E-state index in [1.165, 1.54) is 24.0 Å². The Hall–Kier alpha value is -1.39. The van der Waals surface area contributed by atoms with Crippen LogP contribution in [0, 0.1) is 0 Å². The summed E-state index contributed by atoms with van der Waals surface area (Å²) in [5, 5.41) is 9.02. The molecular weight excluding hydrogens is 254 g/mol. The van der Waals surface area contributed by atoms with Gasteiger partial charge in [-0.2, -0.15) is 0 Å². The molecule has 1 unspecified atom stereocenters. The summed E-state index contributed by atoms with van der Waals surface area (Å²) >= 11 is 0. The lowest BCUT2D eigenvalue weighted by molar-refractivity contribution is 0.0696. The van der Waals surface area contributed by atoms with Gasteiger partial charge in [0.1, 0.15) is 0 Å². The lowest BCUT2D eigenvalue weighted by Gasteiger charge is -2.16. The maximum absolute atomic E-state index is 11.0. The quantitative estimate of drug-likeness (QED) is 0.897. The Morgan fingerprint density at radius 3 is 2.95 bits per heavy atom. The van der Waals surface area contributed by atoms with Crippen molar-refractivity contribution in [1.82, 2.24) is 4.90 Å². The molecule has 1 saturated heterocycles. The number of rotatable bonds is 5. The molecule has 1 aromatic rings. The molecule has 2 aliphatic rings. The zero-order chi connectivity index (χ0) is 13.9. The number of ether oxygens (including phenoxy) is 1. The molecule has 1 aromatic carbocycles.